The molecule has 0 unspecified atom stereocenters. The lowest BCUT2D eigenvalue weighted by atomic mass is 10.1. The molecule has 0 spiro atoms. The lowest BCUT2D eigenvalue weighted by Crippen LogP contribution is -2.23. The lowest BCUT2D eigenvalue weighted by molar-refractivity contribution is 0.0950. The third-order valence-electron chi connectivity index (χ3n) is 2.35. The molecular formula is C10H11N7O2. The van der Waals surface area contributed by atoms with Gasteiger partial charge < -0.3 is 16.3 Å². The van der Waals surface area contributed by atoms with E-state index in [2.05, 4.69) is 31.1 Å². The number of aromatic amines is 1. The number of hydrogen-bond acceptors (Lipinski definition) is 6. The van der Waals surface area contributed by atoms with Crippen molar-refractivity contribution in [2.24, 2.45) is 10.9 Å². The molecule has 0 aliphatic heterocycles. The van der Waals surface area contributed by atoms with Crippen molar-refractivity contribution < 1.29 is 10.0 Å². The molecule has 19 heavy (non-hydrogen) atoms. The van der Waals surface area contributed by atoms with E-state index in [1.54, 1.807) is 24.3 Å². The van der Waals surface area contributed by atoms with Crippen LogP contribution in [0.3, 0.4) is 0 Å². The second-order valence-corrected chi connectivity index (χ2v) is 3.57. The molecule has 5 N–H and O–H groups in total. The highest BCUT2D eigenvalue weighted by atomic mass is 16.4. The molecule has 0 aliphatic rings. The molecule has 0 saturated heterocycles. The number of benzene rings is 1. The van der Waals surface area contributed by atoms with Gasteiger partial charge in [-0.15, -0.1) is 10.2 Å². The van der Waals surface area contributed by atoms with Crippen molar-refractivity contribution in [1.29, 1.82) is 0 Å². The Kier molecular flexibility index (Phi) is 3.67. The minimum atomic E-state index is -0.282. The molecule has 0 bridgehead atoms. The molecule has 1 aromatic heterocycles. The molecule has 98 valence electrons. The van der Waals surface area contributed by atoms with Crippen LogP contribution in [0.1, 0.15) is 21.7 Å². The third kappa shape index (κ3) is 3.03. The summed E-state index contributed by atoms with van der Waals surface area (Å²) in [5.74, 6) is 0.0937. The van der Waals surface area contributed by atoms with Crippen LogP contribution in [0.15, 0.2) is 29.4 Å². The number of tetrazole rings is 1. The van der Waals surface area contributed by atoms with Gasteiger partial charge in [-0.2, -0.15) is 5.21 Å². The fourth-order valence-electron chi connectivity index (χ4n) is 1.37. The number of amides is 1. The van der Waals surface area contributed by atoms with Crippen LogP contribution in [-0.4, -0.2) is 37.6 Å². The number of nitrogens with one attached hydrogen (secondary N) is 2. The minimum absolute atomic E-state index is 0.0150. The maximum Gasteiger partial charge on any atom is 0.251 e. The highest BCUT2D eigenvalue weighted by Crippen LogP contribution is 2.04. The van der Waals surface area contributed by atoms with E-state index in [1.165, 1.54) is 0 Å². The Morgan fingerprint density at radius 2 is 2.05 bits per heavy atom. The summed E-state index contributed by atoms with van der Waals surface area (Å²) in [5.41, 5.74) is 6.38. The molecule has 9 nitrogen and oxygen atoms in total. The number of amidine groups is 1. The van der Waals surface area contributed by atoms with Gasteiger partial charge in [0.05, 0.1) is 6.54 Å². The maximum absolute atomic E-state index is 11.8. The summed E-state index contributed by atoms with van der Waals surface area (Å²) in [6.07, 6.45) is 0. The second kappa shape index (κ2) is 5.58. The highest BCUT2D eigenvalue weighted by molar-refractivity contribution is 5.99. The number of carbonyl (C=O) groups excluding carboxylic acids is 1. The average Bonchev–Trinajstić information content (AvgIpc) is 2.97. The SMILES string of the molecule is NC(=NO)c1ccc(C(=O)NCc2nn[nH]n2)cc1. The number of H-pyrrole nitrogens is 1. The van der Waals surface area contributed by atoms with Gasteiger partial charge in [0.15, 0.2) is 11.7 Å². The van der Waals surface area contributed by atoms with E-state index in [-0.39, 0.29) is 18.3 Å². The van der Waals surface area contributed by atoms with E-state index in [9.17, 15) is 4.79 Å². The van der Waals surface area contributed by atoms with E-state index >= 15 is 0 Å². The van der Waals surface area contributed by atoms with Crippen molar-refractivity contribution in [2.45, 2.75) is 6.54 Å². The Bertz CT molecular complexity index is 576. The first-order chi connectivity index (χ1) is 9.20. The molecule has 1 aromatic carbocycles. The first-order valence-corrected chi connectivity index (χ1v) is 5.29. The predicted molar refractivity (Wildman–Crippen MR) is 64.3 cm³/mol. The zero-order valence-corrected chi connectivity index (χ0v) is 9.74. The molecule has 0 aliphatic carbocycles. The van der Waals surface area contributed by atoms with Gasteiger partial charge in [0, 0.05) is 11.1 Å². The molecule has 1 heterocycles. The number of carbonyl (C=O) groups is 1. The molecule has 2 rings (SSSR count). The van der Waals surface area contributed by atoms with Crippen molar-refractivity contribution in [3.05, 3.63) is 41.2 Å². The summed E-state index contributed by atoms with van der Waals surface area (Å²) in [6, 6.07) is 6.30. The maximum atomic E-state index is 11.8. The summed E-state index contributed by atoms with van der Waals surface area (Å²) in [4.78, 5) is 11.8. The molecular weight excluding hydrogens is 250 g/mol. The van der Waals surface area contributed by atoms with Crippen molar-refractivity contribution in [2.75, 3.05) is 0 Å². The monoisotopic (exact) mass is 261 g/mol. The van der Waals surface area contributed by atoms with Crippen LogP contribution in [0.4, 0.5) is 0 Å². The number of nitrogens with two attached hydrogens (primary N) is 1. The van der Waals surface area contributed by atoms with Crippen LogP contribution >= 0.6 is 0 Å². The Morgan fingerprint density at radius 1 is 1.37 bits per heavy atom. The first kappa shape index (κ1) is 12.5. The minimum Gasteiger partial charge on any atom is -0.409 e. The largest absolute Gasteiger partial charge is 0.409 e. The fraction of sp³-hybridized carbons (Fsp3) is 0.100. The molecule has 2 aromatic rings. The van der Waals surface area contributed by atoms with Crippen molar-refractivity contribution in [3.8, 4) is 0 Å². The summed E-state index contributed by atoms with van der Waals surface area (Å²) in [6.45, 7) is 0.178. The molecule has 0 saturated carbocycles. The van der Waals surface area contributed by atoms with Gasteiger partial charge in [-0.05, 0) is 12.1 Å². The molecule has 9 heteroatoms. The van der Waals surface area contributed by atoms with Crippen LogP contribution < -0.4 is 11.1 Å². The quantitative estimate of drug-likeness (QED) is 0.246. The Balaban J connectivity index is 1.99. The highest BCUT2D eigenvalue weighted by Gasteiger charge is 2.07. The van der Waals surface area contributed by atoms with Crippen molar-refractivity contribution in [1.82, 2.24) is 25.9 Å². The van der Waals surface area contributed by atoms with Gasteiger partial charge in [0.25, 0.3) is 5.91 Å². The van der Waals surface area contributed by atoms with Gasteiger partial charge in [-0.3, -0.25) is 4.79 Å². The lowest BCUT2D eigenvalue weighted by Gasteiger charge is -2.03. The Labute approximate surface area is 107 Å². The number of rotatable bonds is 4. The Hall–Kier alpha value is -2.97. The van der Waals surface area contributed by atoms with Gasteiger partial charge in [0.2, 0.25) is 0 Å². The van der Waals surface area contributed by atoms with E-state index in [4.69, 9.17) is 10.9 Å². The summed E-state index contributed by atoms with van der Waals surface area (Å²) in [5, 5.41) is 27.1. The predicted octanol–water partition coefficient (Wildman–Crippen LogP) is -0.776. The van der Waals surface area contributed by atoms with Gasteiger partial charge in [0.1, 0.15) is 0 Å². The van der Waals surface area contributed by atoms with E-state index in [0.717, 1.165) is 0 Å². The third-order valence-corrected chi connectivity index (χ3v) is 2.35. The standard InChI is InChI=1S/C10H11N7O2/c11-9(15-19)6-1-3-7(4-2-6)10(18)12-5-8-13-16-17-14-8/h1-4,19H,5H2,(H2,11,15)(H,12,18)(H,13,14,16,17). The summed E-state index contributed by atoms with van der Waals surface area (Å²) in [7, 11) is 0. The van der Waals surface area contributed by atoms with Crippen LogP contribution in [0.25, 0.3) is 0 Å². The fourth-order valence-corrected chi connectivity index (χ4v) is 1.37. The number of oxime groups is 1. The number of hydrogen-bond donors (Lipinski definition) is 4. The molecule has 1 amide bonds. The van der Waals surface area contributed by atoms with E-state index in [1.807, 2.05) is 0 Å². The second-order valence-electron chi connectivity index (χ2n) is 3.57. The zero-order valence-electron chi connectivity index (χ0n) is 9.74. The molecule has 0 fully saturated rings. The smallest absolute Gasteiger partial charge is 0.251 e. The molecule has 0 atom stereocenters. The Morgan fingerprint density at radius 3 is 2.63 bits per heavy atom. The topological polar surface area (TPSA) is 142 Å². The summed E-state index contributed by atoms with van der Waals surface area (Å²) < 4.78 is 0. The molecule has 0 radical (unpaired) electrons. The first-order valence-electron chi connectivity index (χ1n) is 5.29. The average molecular weight is 261 g/mol. The van der Waals surface area contributed by atoms with Crippen LogP contribution in [-0.2, 0) is 6.54 Å². The van der Waals surface area contributed by atoms with Crippen LogP contribution in [0.2, 0.25) is 0 Å². The van der Waals surface area contributed by atoms with Gasteiger partial charge in [-0.25, -0.2) is 0 Å². The van der Waals surface area contributed by atoms with Gasteiger partial charge in [-0.1, -0.05) is 22.5 Å². The van der Waals surface area contributed by atoms with E-state index < -0.39 is 0 Å². The van der Waals surface area contributed by atoms with Crippen LogP contribution in [0.5, 0.6) is 0 Å². The van der Waals surface area contributed by atoms with Crippen molar-refractivity contribution >= 4 is 11.7 Å². The normalized spacial score (nSPS) is 11.3. The van der Waals surface area contributed by atoms with Crippen LogP contribution in [0, 0.1) is 0 Å². The van der Waals surface area contributed by atoms with Gasteiger partial charge >= 0.3 is 0 Å². The summed E-state index contributed by atoms with van der Waals surface area (Å²) >= 11 is 0. The zero-order chi connectivity index (χ0) is 13.7. The number of nitrogens with zero attached hydrogens (tertiary/aromatic N) is 4. The van der Waals surface area contributed by atoms with E-state index in [0.29, 0.717) is 17.0 Å². The number of aromatic nitrogens is 4. The van der Waals surface area contributed by atoms with Crippen molar-refractivity contribution in [3.63, 3.8) is 0 Å².